The Labute approximate surface area is 185 Å². The molecule has 0 aliphatic carbocycles. The van der Waals surface area contributed by atoms with Crippen molar-refractivity contribution in [1.29, 1.82) is 0 Å². The smallest absolute Gasteiger partial charge is 0.247 e. The maximum atomic E-state index is 12.8. The summed E-state index contributed by atoms with van der Waals surface area (Å²) in [5.41, 5.74) is 1.72. The van der Waals surface area contributed by atoms with E-state index in [9.17, 15) is 21.6 Å². The van der Waals surface area contributed by atoms with E-state index in [-0.39, 0.29) is 4.90 Å². The Morgan fingerprint density at radius 2 is 1.45 bits per heavy atom. The number of rotatable bonds is 9. The first-order valence-corrected chi connectivity index (χ1v) is 13.2. The summed E-state index contributed by atoms with van der Waals surface area (Å²) in [6, 6.07) is 11.6. The van der Waals surface area contributed by atoms with Gasteiger partial charge in [0.25, 0.3) is 0 Å². The zero-order chi connectivity index (χ0) is 23.4. The van der Waals surface area contributed by atoms with Gasteiger partial charge in [0.15, 0.2) is 0 Å². The molecule has 2 rings (SSSR count). The van der Waals surface area contributed by atoms with Gasteiger partial charge in [-0.05, 0) is 50.2 Å². The first kappa shape index (κ1) is 24.8. The van der Waals surface area contributed by atoms with E-state index < -0.39 is 32.0 Å². The Morgan fingerprint density at radius 3 is 1.90 bits per heavy atom. The topological polar surface area (TPSA) is 104 Å². The van der Waals surface area contributed by atoms with Gasteiger partial charge in [-0.15, -0.1) is 0 Å². The van der Waals surface area contributed by atoms with Crippen LogP contribution in [-0.2, 0) is 24.8 Å². The fourth-order valence-electron chi connectivity index (χ4n) is 3.17. The summed E-state index contributed by atoms with van der Waals surface area (Å²) in [6.07, 6.45) is 1.05. The van der Waals surface area contributed by atoms with Gasteiger partial charge >= 0.3 is 0 Å². The van der Waals surface area contributed by atoms with Crippen molar-refractivity contribution in [3.8, 4) is 0 Å². The minimum absolute atomic E-state index is 0.125. The molecule has 0 spiro atoms. The zero-order valence-corrected chi connectivity index (χ0v) is 20.0. The van der Waals surface area contributed by atoms with Crippen molar-refractivity contribution in [1.82, 2.24) is 4.31 Å². The highest BCUT2D eigenvalue weighted by atomic mass is 32.2. The Hall–Kier alpha value is -2.43. The molecule has 1 N–H and O–H groups in total. The van der Waals surface area contributed by atoms with E-state index in [4.69, 9.17) is 0 Å². The van der Waals surface area contributed by atoms with Crippen LogP contribution >= 0.6 is 0 Å². The molecule has 0 unspecified atom stereocenters. The molecule has 0 saturated heterocycles. The molecule has 0 aliphatic heterocycles. The first-order chi connectivity index (χ1) is 14.4. The summed E-state index contributed by atoms with van der Waals surface area (Å²) in [6.45, 7) is 7.62. The molecule has 170 valence electrons. The molecule has 0 bridgehead atoms. The lowest BCUT2D eigenvalue weighted by Crippen LogP contribution is -2.45. The summed E-state index contributed by atoms with van der Waals surface area (Å²) in [5, 5.41) is 2.66. The molecular formula is C21H29N3O5S2. The lowest BCUT2D eigenvalue weighted by Gasteiger charge is -2.28. The standard InChI is InChI=1S/C21H29N3O5S2/c1-6-23(7-2)31(28,29)20-14-10-18(11-15-20)22-21(25)17(4)24(30(5,26)27)19-12-8-16(3)9-13-19/h8-15,17H,6-7H2,1-5H3,(H,22,25)/t17-/m1/s1. The second-order valence-corrected chi connectivity index (χ2v) is 11.0. The van der Waals surface area contributed by atoms with Crippen LogP contribution in [0.4, 0.5) is 11.4 Å². The van der Waals surface area contributed by atoms with Crippen molar-refractivity contribution >= 4 is 37.3 Å². The molecule has 1 amide bonds. The fourth-order valence-corrected chi connectivity index (χ4v) is 5.80. The van der Waals surface area contributed by atoms with Crippen molar-refractivity contribution in [2.75, 3.05) is 29.0 Å². The lowest BCUT2D eigenvalue weighted by atomic mass is 10.2. The van der Waals surface area contributed by atoms with E-state index >= 15 is 0 Å². The monoisotopic (exact) mass is 467 g/mol. The number of sulfonamides is 2. The first-order valence-electron chi connectivity index (χ1n) is 9.89. The number of anilines is 2. The predicted molar refractivity (Wildman–Crippen MR) is 123 cm³/mol. The van der Waals surface area contributed by atoms with Crippen LogP contribution in [0.25, 0.3) is 0 Å². The van der Waals surface area contributed by atoms with E-state index in [1.807, 2.05) is 6.92 Å². The van der Waals surface area contributed by atoms with E-state index in [0.29, 0.717) is 24.5 Å². The van der Waals surface area contributed by atoms with Crippen LogP contribution in [0.5, 0.6) is 0 Å². The zero-order valence-electron chi connectivity index (χ0n) is 18.4. The molecule has 2 aromatic rings. The van der Waals surface area contributed by atoms with Gasteiger partial charge in [0, 0.05) is 18.8 Å². The highest BCUT2D eigenvalue weighted by Gasteiger charge is 2.29. The van der Waals surface area contributed by atoms with Crippen LogP contribution in [0, 0.1) is 6.92 Å². The molecule has 0 saturated carbocycles. The number of aryl methyl sites for hydroxylation is 1. The highest BCUT2D eigenvalue weighted by molar-refractivity contribution is 7.92. The third kappa shape index (κ3) is 5.84. The Kier molecular flexibility index (Phi) is 7.85. The molecule has 0 radical (unpaired) electrons. The molecule has 1 atom stereocenters. The minimum atomic E-state index is -3.72. The molecule has 0 heterocycles. The van der Waals surface area contributed by atoms with Crippen LogP contribution in [0.1, 0.15) is 26.3 Å². The number of nitrogens with zero attached hydrogens (tertiary/aromatic N) is 2. The fraction of sp³-hybridized carbons (Fsp3) is 0.381. The Morgan fingerprint density at radius 1 is 0.935 bits per heavy atom. The second-order valence-electron chi connectivity index (χ2n) is 7.17. The van der Waals surface area contributed by atoms with Gasteiger partial charge in [-0.25, -0.2) is 16.8 Å². The quantitative estimate of drug-likeness (QED) is 0.611. The van der Waals surface area contributed by atoms with E-state index in [2.05, 4.69) is 5.32 Å². The molecule has 0 aromatic heterocycles. The lowest BCUT2D eigenvalue weighted by molar-refractivity contribution is -0.116. The third-order valence-corrected chi connectivity index (χ3v) is 8.15. The summed E-state index contributed by atoms with van der Waals surface area (Å²) in [7, 11) is -7.32. The molecule has 0 aliphatic rings. The molecule has 2 aromatic carbocycles. The largest absolute Gasteiger partial charge is 0.324 e. The van der Waals surface area contributed by atoms with Gasteiger partial charge in [0.05, 0.1) is 16.8 Å². The number of amides is 1. The van der Waals surface area contributed by atoms with Crippen molar-refractivity contribution in [3.63, 3.8) is 0 Å². The average Bonchev–Trinajstić information content (AvgIpc) is 2.69. The number of hydrogen-bond donors (Lipinski definition) is 1. The van der Waals surface area contributed by atoms with Gasteiger partial charge in [-0.1, -0.05) is 31.5 Å². The summed E-state index contributed by atoms with van der Waals surface area (Å²) in [5.74, 6) is -0.537. The molecule has 8 nitrogen and oxygen atoms in total. The summed E-state index contributed by atoms with van der Waals surface area (Å²) in [4.78, 5) is 12.9. The van der Waals surface area contributed by atoms with Crippen LogP contribution in [0.2, 0.25) is 0 Å². The van der Waals surface area contributed by atoms with Crippen molar-refractivity contribution in [2.24, 2.45) is 0 Å². The van der Waals surface area contributed by atoms with Gasteiger partial charge < -0.3 is 5.32 Å². The normalized spacial score (nSPS) is 13.1. The second kappa shape index (κ2) is 9.80. The Bertz CT molecular complexity index is 1110. The SMILES string of the molecule is CCN(CC)S(=O)(=O)c1ccc(NC(=O)[C@@H](C)N(c2ccc(C)cc2)S(C)(=O)=O)cc1. The van der Waals surface area contributed by atoms with E-state index in [1.165, 1.54) is 35.5 Å². The minimum Gasteiger partial charge on any atom is -0.324 e. The maximum absolute atomic E-state index is 12.8. The number of hydrogen-bond acceptors (Lipinski definition) is 5. The van der Waals surface area contributed by atoms with Crippen molar-refractivity contribution < 1.29 is 21.6 Å². The number of carbonyl (C=O) groups excluding carboxylic acids is 1. The van der Waals surface area contributed by atoms with Crippen LogP contribution in [0.15, 0.2) is 53.4 Å². The van der Waals surface area contributed by atoms with Gasteiger partial charge in [0.1, 0.15) is 6.04 Å². The van der Waals surface area contributed by atoms with Crippen molar-refractivity contribution in [3.05, 3.63) is 54.1 Å². The number of benzene rings is 2. The average molecular weight is 468 g/mol. The van der Waals surface area contributed by atoms with Crippen LogP contribution < -0.4 is 9.62 Å². The van der Waals surface area contributed by atoms with Gasteiger partial charge in [-0.3, -0.25) is 9.10 Å². The van der Waals surface area contributed by atoms with Crippen LogP contribution in [-0.4, -0.2) is 52.4 Å². The van der Waals surface area contributed by atoms with Gasteiger partial charge in [0.2, 0.25) is 26.0 Å². The van der Waals surface area contributed by atoms with Crippen molar-refractivity contribution in [2.45, 2.75) is 38.6 Å². The van der Waals surface area contributed by atoms with Crippen LogP contribution in [0.3, 0.4) is 0 Å². The number of carbonyl (C=O) groups is 1. The van der Waals surface area contributed by atoms with E-state index in [0.717, 1.165) is 16.1 Å². The molecule has 0 fully saturated rings. The summed E-state index contributed by atoms with van der Waals surface area (Å²) < 4.78 is 52.3. The number of nitrogens with one attached hydrogen (secondary N) is 1. The van der Waals surface area contributed by atoms with Gasteiger partial charge in [-0.2, -0.15) is 4.31 Å². The molecular weight excluding hydrogens is 438 g/mol. The Balaban J connectivity index is 2.24. The molecule has 10 heteroatoms. The maximum Gasteiger partial charge on any atom is 0.247 e. The molecule has 31 heavy (non-hydrogen) atoms. The highest BCUT2D eigenvalue weighted by Crippen LogP contribution is 2.23. The predicted octanol–water partition coefficient (Wildman–Crippen LogP) is 2.82. The third-order valence-electron chi connectivity index (χ3n) is 4.84. The van der Waals surface area contributed by atoms with E-state index in [1.54, 1.807) is 38.1 Å². The summed E-state index contributed by atoms with van der Waals surface area (Å²) >= 11 is 0.